The predicted molar refractivity (Wildman–Crippen MR) is 78.4 cm³/mol. The second kappa shape index (κ2) is 5.83. The van der Waals surface area contributed by atoms with Crippen molar-refractivity contribution in [3.8, 4) is 17.1 Å². The van der Waals surface area contributed by atoms with Crippen molar-refractivity contribution in [3.63, 3.8) is 0 Å². The Kier molecular flexibility index (Phi) is 3.91. The molecule has 0 aliphatic heterocycles. The first-order valence-electron chi connectivity index (χ1n) is 5.66. The summed E-state index contributed by atoms with van der Waals surface area (Å²) in [5.74, 6) is 1.40. The number of rotatable bonds is 4. The molecule has 7 heteroatoms. The number of ether oxygens (including phenoxy) is 1. The lowest BCUT2D eigenvalue weighted by Gasteiger charge is -2.05. The zero-order chi connectivity index (χ0) is 13.9. The molecular formula is C13H8Cl2N2O2S. The topological polar surface area (TPSA) is 48.2 Å². The molecule has 0 aliphatic rings. The Bertz CT molecular complexity index is 713. The van der Waals surface area contributed by atoms with Crippen molar-refractivity contribution in [2.45, 2.75) is 6.61 Å². The molecule has 20 heavy (non-hydrogen) atoms. The van der Waals surface area contributed by atoms with Crippen molar-refractivity contribution in [2.24, 2.45) is 0 Å². The van der Waals surface area contributed by atoms with Gasteiger partial charge in [-0.2, -0.15) is 16.3 Å². The van der Waals surface area contributed by atoms with Gasteiger partial charge in [0.25, 0.3) is 5.89 Å². The first-order valence-corrected chi connectivity index (χ1v) is 7.36. The molecule has 2 heterocycles. The summed E-state index contributed by atoms with van der Waals surface area (Å²) in [6.07, 6.45) is 0. The van der Waals surface area contributed by atoms with E-state index in [4.69, 9.17) is 32.5 Å². The number of thiophene rings is 1. The number of nitrogens with zero attached hydrogens (tertiary/aromatic N) is 2. The third kappa shape index (κ3) is 2.80. The van der Waals surface area contributed by atoms with Crippen molar-refractivity contribution in [2.75, 3.05) is 0 Å². The van der Waals surface area contributed by atoms with Crippen LogP contribution in [-0.4, -0.2) is 10.1 Å². The normalized spacial score (nSPS) is 10.7. The Hall–Kier alpha value is -1.56. The molecule has 2 aromatic heterocycles. The minimum atomic E-state index is 0.136. The number of aromatic nitrogens is 2. The summed E-state index contributed by atoms with van der Waals surface area (Å²) in [7, 11) is 0. The van der Waals surface area contributed by atoms with Crippen LogP contribution in [0.2, 0.25) is 10.0 Å². The van der Waals surface area contributed by atoms with Crippen LogP contribution in [-0.2, 0) is 6.61 Å². The molecule has 0 N–H and O–H groups in total. The molecule has 102 valence electrons. The number of benzene rings is 1. The van der Waals surface area contributed by atoms with Crippen LogP contribution >= 0.6 is 34.5 Å². The molecule has 0 fully saturated rings. The van der Waals surface area contributed by atoms with Gasteiger partial charge < -0.3 is 9.26 Å². The SMILES string of the molecule is Clc1cccc(OCc2nc(-c3ccsc3)no2)c1Cl. The summed E-state index contributed by atoms with van der Waals surface area (Å²) in [5, 5.41) is 8.60. The third-order valence-electron chi connectivity index (χ3n) is 2.51. The van der Waals surface area contributed by atoms with E-state index in [9.17, 15) is 0 Å². The van der Waals surface area contributed by atoms with E-state index in [0.29, 0.717) is 27.5 Å². The molecule has 3 rings (SSSR count). The van der Waals surface area contributed by atoms with Gasteiger partial charge in [0.2, 0.25) is 5.82 Å². The van der Waals surface area contributed by atoms with Gasteiger partial charge in [-0.05, 0) is 23.6 Å². The average molecular weight is 327 g/mol. The Morgan fingerprint density at radius 3 is 2.95 bits per heavy atom. The van der Waals surface area contributed by atoms with Crippen LogP contribution in [0.1, 0.15) is 5.89 Å². The lowest BCUT2D eigenvalue weighted by molar-refractivity contribution is 0.243. The van der Waals surface area contributed by atoms with Gasteiger partial charge in [-0.3, -0.25) is 0 Å². The highest BCUT2D eigenvalue weighted by Gasteiger charge is 2.11. The smallest absolute Gasteiger partial charge is 0.264 e. The maximum atomic E-state index is 6.02. The van der Waals surface area contributed by atoms with Gasteiger partial charge in [0, 0.05) is 10.9 Å². The highest BCUT2D eigenvalue weighted by molar-refractivity contribution is 7.08. The lowest BCUT2D eigenvalue weighted by Crippen LogP contribution is -1.96. The summed E-state index contributed by atoms with van der Waals surface area (Å²) in [6.45, 7) is 0.136. The van der Waals surface area contributed by atoms with Crippen LogP contribution in [0.3, 0.4) is 0 Å². The van der Waals surface area contributed by atoms with Crippen LogP contribution in [0.25, 0.3) is 11.4 Å². The Labute approximate surface area is 128 Å². The molecule has 4 nitrogen and oxygen atoms in total. The Morgan fingerprint density at radius 2 is 2.15 bits per heavy atom. The fourth-order valence-corrected chi connectivity index (χ4v) is 2.54. The van der Waals surface area contributed by atoms with Crippen molar-refractivity contribution < 1.29 is 9.26 Å². The van der Waals surface area contributed by atoms with E-state index in [1.807, 2.05) is 16.8 Å². The fourth-order valence-electron chi connectivity index (χ4n) is 1.56. The van der Waals surface area contributed by atoms with Gasteiger partial charge in [-0.1, -0.05) is 34.4 Å². The maximum Gasteiger partial charge on any atom is 0.264 e. The van der Waals surface area contributed by atoms with Crippen LogP contribution < -0.4 is 4.74 Å². The Morgan fingerprint density at radius 1 is 1.25 bits per heavy atom. The maximum absolute atomic E-state index is 6.02. The van der Waals surface area contributed by atoms with Gasteiger partial charge in [-0.25, -0.2) is 0 Å². The van der Waals surface area contributed by atoms with Crippen LogP contribution in [0.4, 0.5) is 0 Å². The summed E-state index contributed by atoms with van der Waals surface area (Å²) in [6, 6.07) is 7.10. The molecule has 1 aromatic carbocycles. The first-order chi connectivity index (χ1) is 9.74. The zero-order valence-corrected chi connectivity index (χ0v) is 12.4. The van der Waals surface area contributed by atoms with Crippen molar-refractivity contribution in [1.82, 2.24) is 10.1 Å². The molecule has 0 aliphatic carbocycles. The molecule has 0 saturated carbocycles. The minimum absolute atomic E-state index is 0.136. The average Bonchev–Trinajstić information content (AvgIpc) is 3.10. The van der Waals surface area contributed by atoms with Gasteiger partial charge >= 0.3 is 0 Å². The quantitative estimate of drug-likeness (QED) is 0.698. The Balaban J connectivity index is 1.71. The summed E-state index contributed by atoms with van der Waals surface area (Å²) in [4.78, 5) is 4.25. The summed E-state index contributed by atoms with van der Waals surface area (Å²) < 4.78 is 10.6. The highest BCUT2D eigenvalue weighted by atomic mass is 35.5. The van der Waals surface area contributed by atoms with E-state index in [1.165, 1.54) is 0 Å². The van der Waals surface area contributed by atoms with Crippen molar-refractivity contribution in [3.05, 3.63) is 51.0 Å². The van der Waals surface area contributed by atoms with E-state index in [0.717, 1.165) is 5.56 Å². The molecule has 0 atom stereocenters. The molecule has 3 aromatic rings. The molecule has 0 spiro atoms. The van der Waals surface area contributed by atoms with E-state index >= 15 is 0 Å². The number of hydrogen-bond acceptors (Lipinski definition) is 5. The highest BCUT2D eigenvalue weighted by Crippen LogP contribution is 2.31. The largest absolute Gasteiger partial charge is 0.482 e. The van der Waals surface area contributed by atoms with Gasteiger partial charge in [-0.15, -0.1) is 0 Å². The number of hydrogen-bond donors (Lipinski definition) is 0. The third-order valence-corrected chi connectivity index (χ3v) is 4.00. The summed E-state index contributed by atoms with van der Waals surface area (Å²) >= 11 is 13.5. The van der Waals surface area contributed by atoms with E-state index in [2.05, 4.69) is 10.1 Å². The van der Waals surface area contributed by atoms with Gasteiger partial charge in [0.1, 0.15) is 10.8 Å². The monoisotopic (exact) mass is 326 g/mol. The van der Waals surface area contributed by atoms with E-state index in [1.54, 1.807) is 29.5 Å². The van der Waals surface area contributed by atoms with Crippen molar-refractivity contribution >= 4 is 34.5 Å². The summed E-state index contributed by atoms with van der Waals surface area (Å²) in [5.41, 5.74) is 0.922. The van der Waals surface area contributed by atoms with Crippen molar-refractivity contribution in [1.29, 1.82) is 0 Å². The van der Waals surface area contributed by atoms with Gasteiger partial charge in [0.05, 0.1) is 5.02 Å². The molecule has 0 unspecified atom stereocenters. The lowest BCUT2D eigenvalue weighted by atomic mass is 10.3. The van der Waals surface area contributed by atoms with Crippen LogP contribution in [0.15, 0.2) is 39.5 Å². The van der Waals surface area contributed by atoms with E-state index in [-0.39, 0.29) is 6.61 Å². The second-order valence-electron chi connectivity index (χ2n) is 3.86. The number of halogens is 2. The molecule has 0 radical (unpaired) electrons. The molecule has 0 amide bonds. The molecule has 0 saturated heterocycles. The zero-order valence-electron chi connectivity index (χ0n) is 10.0. The molecule has 0 bridgehead atoms. The van der Waals surface area contributed by atoms with Gasteiger partial charge in [0.15, 0.2) is 6.61 Å². The standard InChI is InChI=1S/C13H8Cl2N2O2S/c14-9-2-1-3-10(12(9)15)18-6-11-16-13(17-19-11)8-4-5-20-7-8/h1-5,7H,6H2. The van der Waals surface area contributed by atoms with E-state index < -0.39 is 0 Å². The minimum Gasteiger partial charge on any atom is -0.482 e. The second-order valence-corrected chi connectivity index (χ2v) is 5.43. The van der Waals surface area contributed by atoms with Crippen LogP contribution in [0, 0.1) is 0 Å². The van der Waals surface area contributed by atoms with Crippen LogP contribution in [0.5, 0.6) is 5.75 Å². The molecular weight excluding hydrogens is 319 g/mol. The predicted octanol–water partition coefficient (Wildman–Crippen LogP) is 4.68. The fraction of sp³-hybridized carbons (Fsp3) is 0.0769. The first kappa shape index (κ1) is 13.4.